The zero-order valence-electron chi connectivity index (χ0n) is 12.3. The van der Waals surface area contributed by atoms with Gasteiger partial charge in [-0.3, -0.25) is 9.48 Å². The zero-order valence-corrected chi connectivity index (χ0v) is 13.1. The van der Waals surface area contributed by atoms with E-state index in [1.807, 2.05) is 13.2 Å². The van der Waals surface area contributed by atoms with E-state index in [1.54, 1.807) is 10.9 Å². The molecular weight excluding hydrogens is 276 g/mol. The van der Waals surface area contributed by atoms with E-state index < -0.39 is 0 Å². The smallest absolute Gasteiger partial charge is 0.220 e. The molecule has 0 bridgehead atoms. The molecule has 1 aliphatic heterocycles. The van der Waals surface area contributed by atoms with Gasteiger partial charge in [0.2, 0.25) is 5.91 Å². The summed E-state index contributed by atoms with van der Waals surface area (Å²) in [5, 5.41) is 10.5. The third-order valence-electron chi connectivity index (χ3n) is 3.90. The lowest BCUT2D eigenvalue weighted by atomic mass is 9.85. The van der Waals surface area contributed by atoms with Gasteiger partial charge in [0, 0.05) is 31.8 Å². The van der Waals surface area contributed by atoms with Crippen LogP contribution in [0.1, 0.15) is 31.7 Å². The lowest BCUT2D eigenvalue weighted by molar-refractivity contribution is -0.122. The van der Waals surface area contributed by atoms with E-state index >= 15 is 0 Å². The molecule has 6 heteroatoms. The van der Waals surface area contributed by atoms with Gasteiger partial charge in [-0.05, 0) is 37.8 Å². The second kappa shape index (κ2) is 8.27. The van der Waals surface area contributed by atoms with Crippen molar-refractivity contribution in [1.29, 1.82) is 0 Å². The molecule has 114 valence electrons. The Morgan fingerprint density at radius 2 is 2.45 bits per heavy atom. The molecule has 1 amide bonds. The minimum absolute atomic E-state index is 0. The standard InChI is InChI=1S/C14H24N4O.ClH/c1-11(13-4-3-5-15-9-13)6-14(19)16-7-12-8-17-18(2)10-12;/h8,10-11,13,15H,3-7,9H2,1-2H3,(H,16,19);1H. The van der Waals surface area contributed by atoms with Crippen molar-refractivity contribution in [3.8, 4) is 0 Å². The predicted octanol–water partition coefficient (Wildman–Crippen LogP) is 1.48. The van der Waals surface area contributed by atoms with E-state index in [4.69, 9.17) is 0 Å². The Bertz CT molecular complexity index is 415. The number of piperidine rings is 1. The molecule has 0 radical (unpaired) electrons. The monoisotopic (exact) mass is 300 g/mol. The van der Waals surface area contributed by atoms with Crippen LogP contribution in [0.15, 0.2) is 12.4 Å². The summed E-state index contributed by atoms with van der Waals surface area (Å²) in [4.78, 5) is 11.9. The van der Waals surface area contributed by atoms with Gasteiger partial charge in [0.1, 0.15) is 0 Å². The van der Waals surface area contributed by atoms with E-state index in [0.29, 0.717) is 24.8 Å². The Hall–Kier alpha value is -1.07. The molecule has 1 aromatic rings. The first kappa shape index (κ1) is 17.0. The van der Waals surface area contributed by atoms with E-state index in [1.165, 1.54) is 12.8 Å². The summed E-state index contributed by atoms with van der Waals surface area (Å²) in [6.45, 7) is 4.93. The topological polar surface area (TPSA) is 59.0 Å². The summed E-state index contributed by atoms with van der Waals surface area (Å²) in [5.74, 6) is 1.22. The molecule has 2 N–H and O–H groups in total. The number of hydrogen-bond donors (Lipinski definition) is 2. The number of rotatable bonds is 5. The molecule has 0 spiro atoms. The lowest BCUT2D eigenvalue weighted by Gasteiger charge is -2.27. The fraction of sp³-hybridized carbons (Fsp3) is 0.714. The van der Waals surface area contributed by atoms with Crippen molar-refractivity contribution >= 4 is 18.3 Å². The maximum absolute atomic E-state index is 11.9. The second-order valence-corrected chi connectivity index (χ2v) is 5.59. The normalized spacial score (nSPS) is 20.0. The minimum Gasteiger partial charge on any atom is -0.352 e. The number of amides is 1. The van der Waals surface area contributed by atoms with Gasteiger partial charge in [-0.1, -0.05) is 6.92 Å². The van der Waals surface area contributed by atoms with Gasteiger partial charge in [-0.25, -0.2) is 0 Å². The highest BCUT2D eigenvalue weighted by Crippen LogP contribution is 2.22. The molecule has 20 heavy (non-hydrogen) atoms. The van der Waals surface area contributed by atoms with Crippen molar-refractivity contribution < 1.29 is 4.79 Å². The van der Waals surface area contributed by atoms with Gasteiger partial charge in [-0.2, -0.15) is 5.10 Å². The van der Waals surface area contributed by atoms with Crippen molar-refractivity contribution in [2.24, 2.45) is 18.9 Å². The van der Waals surface area contributed by atoms with Crippen LogP contribution >= 0.6 is 12.4 Å². The van der Waals surface area contributed by atoms with Crippen LogP contribution in [-0.4, -0.2) is 28.8 Å². The highest BCUT2D eigenvalue weighted by atomic mass is 35.5. The Morgan fingerprint density at radius 3 is 3.05 bits per heavy atom. The summed E-state index contributed by atoms with van der Waals surface area (Å²) in [6.07, 6.45) is 6.80. The number of nitrogens with one attached hydrogen (secondary N) is 2. The maximum Gasteiger partial charge on any atom is 0.220 e. The van der Waals surface area contributed by atoms with Crippen molar-refractivity contribution in [3.05, 3.63) is 18.0 Å². The quantitative estimate of drug-likeness (QED) is 0.866. The van der Waals surface area contributed by atoms with Crippen LogP contribution in [0.2, 0.25) is 0 Å². The summed E-state index contributed by atoms with van der Waals surface area (Å²) >= 11 is 0. The molecule has 2 atom stereocenters. The molecule has 2 rings (SSSR count). The van der Waals surface area contributed by atoms with Crippen molar-refractivity contribution in [2.75, 3.05) is 13.1 Å². The SMILES string of the molecule is CC(CC(=O)NCc1cnn(C)c1)C1CCCNC1.Cl. The largest absolute Gasteiger partial charge is 0.352 e. The Morgan fingerprint density at radius 1 is 1.65 bits per heavy atom. The van der Waals surface area contributed by atoms with Crippen molar-refractivity contribution in [1.82, 2.24) is 20.4 Å². The molecule has 1 saturated heterocycles. The van der Waals surface area contributed by atoms with Crippen LogP contribution in [0.4, 0.5) is 0 Å². The first-order valence-corrected chi connectivity index (χ1v) is 7.10. The number of halogens is 1. The summed E-state index contributed by atoms with van der Waals surface area (Å²) in [5.41, 5.74) is 1.04. The third-order valence-corrected chi connectivity index (χ3v) is 3.90. The molecule has 1 fully saturated rings. The Balaban J connectivity index is 0.00000200. The zero-order chi connectivity index (χ0) is 13.7. The van der Waals surface area contributed by atoms with Crippen LogP contribution in [0.3, 0.4) is 0 Å². The van der Waals surface area contributed by atoms with E-state index in [-0.39, 0.29) is 18.3 Å². The van der Waals surface area contributed by atoms with E-state index in [0.717, 1.165) is 18.7 Å². The summed E-state index contributed by atoms with van der Waals surface area (Å²) < 4.78 is 1.75. The summed E-state index contributed by atoms with van der Waals surface area (Å²) in [6, 6.07) is 0. The number of carbonyl (C=O) groups is 1. The average Bonchev–Trinajstić information content (AvgIpc) is 2.83. The van der Waals surface area contributed by atoms with Gasteiger partial charge >= 0.3 is 0 Å². The highest BCUT2D eigenvalue weighted by molar-refractivity contribution is 5.85. The minimum atomic E-state index is 0. The van der Waals surface area contributed by atoms with Crippen molar-refractivity contribution in [3.63, 3.8) is 0 Å². The van der Waals surface area contributed by atoms with Crippen LogP contribution in [0.5, 0.6) is 0 Å². The Kier molecular flexibility index (Phi) is 7.02. The molecule has 2 unspecified atom stereocenters. The number of aromatic nitrogens is 2. The van der Waals surface area contributed by atoms with Crippen LogP contribution in [0.25, 0.3) is 0 Å². The van der Waals surface area contributed by atoms with Crippen LogP contribution in [-0.2, 0) is 18.4 Å². The number of carbonyl (C=O) groups excluding carboxylic acids is 1. The van der Waals surface area contributed by atoms with Crippen LogP contribution in [0, 0.1) is 11.8 Å². The fourth-order valence-electron chi connectivity index (χ4n) is 2.66. The average molecular weight is 301 g/mol. The molecule has 2 heterocycles. The maximum atomic E-state index is 11.9. The van der Waals surface area contributed by atoms with Gasteiger partial charge in [-0.15, -0.1) is 12.4 Å². The van der Waals surface area contributed by atoms with Gasteiger partial charge in [0.05, 0.1) is 6.20 Å². The number of hydrogen-bond acceptors (Lipinski definition) is 3. The fourth-order valence-corrected chi connectivity index (χ4v) is 2.66. The molecule has 1 aliphatic rings. The van der Waals surface area contributed by atoms with Gasteiger partial charge < -0.3 is 10.6 Å². The predicted molar refractivity (Wildman–Crippen MR) is 81.7 cm³/mol. The van der Waals surface area contributed by atoms with Crippen molar-refractivity contribution in [2.45, 2.75) is 32.7 Å². The van der Waals surface area contributed by atoms with E-state index in [2.05, 4.69) is 22.7 Å². The first-order chi connectivity index (χ1) is 9.15. The molecular formula is C14H25ClN4O. The molecule has 0 aliphatic carbocycles. The first-order valence-electron chi connectivity index (χ1n) is 7.10. The molecule has 0 saturated carbocycles. The molecule has 1 aromatic heterocycles. The number of nitrogens with zero attached hydrogens (tertiary/aromatic N) is 2. The summed E-state index contributed by atoms with van der Waals surface area (Å²) in [7, 11) is 1.88. The lowest BCUT2D eigenvalue weighted by Crippen LogP contribution is -2.35. The Labute approximate surface area is 126 Å². The second-order valence-electron chi connectivity index (χ2n) is 5.59. The van der Waals surface area contributed by atoms with E-state index in [9.17, 15) is 4.79 Å². The molecule has 0 aromatic carbocycles. The molecule has 5 nitrogen and oxygen atoms in total. The third kappa shape index (κ3) is 5.13. The van der Waals surface area contributed by atoms with Crippen LogP contribution < -0.4 is 10.6 Å². The highest BCUT2D eigenvalue weighted by Gasteiger charge is 2.21. The van der Waals surface area contributed by atoms with Gasteiger partial charge in [0.15, 0.2) is 0 Å². The van der Waals surface area contributed by atoms with Gasteiger partial charge in [0.25, 0.3) is 0 Å². The number of aryl methyl sites for hydroxylation is 1.